The van der Waals surface area contributed by atoms with Crippen LogP contribution in [0, 0.1) is 6.92 Å². The predicted octanol–water partition coefficient (Wildman–Crippen LogP) is 4.80. The normalized spacial score (nSPS) is 11.1. The van der Waals surface area contributed by atoms with E-state index in [2.05, 4.69) is 10.6 Å². The molecule has 142 valence electrons. The highest BCUT2D eigenvalue weighted by Crippen LogP contribution is 2.16. The topological polar surface area (TPSA) is 58.2 Å². The Morgan fingerprint density at radius 1 is 1.07 bits per heavy atom. The van der Waals surface area contributed by atoms with Crippen molar-refractivity contribution in [3.05, 3.63) is 98.3 Å². The van der Waals surface area contributed by atoms with Gasteiger partial charge in [0.25, 0.3) is 11.8 Å². The molecule has 2 amide bonds. The van der Waals surface area contributed by atoms with Crippen molar-refractivity contribution in [3.8, 4) is 0 Å². The minimum absolute atomic E-state index is 0.181. The number of amides is 2. The van der Waals surface area contributed by atoms with Crippen LogP contribution in [-0.2, 0) is 11.3 Å². The highest BCUT2D eigenvalue weighted by Gasteiger charge is 2.15. The SMILES string of the molecule is Cc1cccc(C(=O)N/C(=C\c2cccs2)C(=O)NCc2ccccc2Cl)c1. The molecule has 0 bridgehead atoms. The molecule has 0 aliphatic heterocycles. The molecule has 0 aliphatic rings. The summed E-state index contributed by atoms with van der Waals surface area (Å²) in [5.41, 5.74) is 2.45. The molecule has 28 heavy (non-hydrogen) atoms. The molecule has 6 heteroatoms. The van der Waals surface area contributed by atoms with E-state index in [4.69, 9.17) is 11.6 Å². The zero-order valence-electron chi connectivity index (χ0n) is 15.2. The van der Waals surface area contributed by atoms with Crippen LogP contribution in [0.25, 0.3) is 6.08 Å². The minimum Gasteiger partial charge on any atom is -0.347 e. The second-order valence-corrected chi connectivity index (χ2v) is 7.56. The summed E-state index contributed by atoms with van der Waals surface area (Å²) in [4.78, 5) is 26.2. The number of halogens is 1. The van der Waals surface area contributed by atoms with Gasteiger partial charge in [0.05, 0.1) is 0 Å². The highest BCUT2D eigenvalue weighted by molar-refractivity contribution is 7.10. The molecule has 2 aromatic carbocycles. The quantitative estimate of drug-likeness (QED) is 0.573. The van der Waals surface area contributed by atoms with Crippen LogP contribution in [0.2, 0.25) is 5.02 Å². The second kappa shape index (κ2) is 9.35. The summed E-state index contributed by atoms with van der Waals surface area (Å²) >= 11 is 7.63. The fraction of sp³-hybridized carbons (Fsp3) is 0.0909. The Labute approximate surface area is 172 Å². The molecule has 1 aromatic heterocycles. The van der Waals surface area contributed by atoms with Crippen LogP contribution in [0.3, 0.4) is 0 Å². The van der Waals surface area contributed by atoms with Gasteiger partial charge >= 0.3 is 0 Å². The van der Waals surface area contributed by atoms with Crippen LogP contribution in [0.5, 0.6) is 0 Å². The van der Waals surface area contributed by atoms with Crippen LogP contribution in [0.15, 0.2) is 71.7 Å². The van der Waals surface area contributed by atoms with Gasteiger partial charge < -0.3 is 10.6 Å². The first-order chi connectivity index (χ1) is 13.5. The molecule has 0 spiro atoms. The molecular weight excluding hydrogens is 392 g/mol. The van der Waals surface area contributed by atoms with Crippen molar-refractivity contribution in [3.63, 3.8) is 0 Å². The third kappa shape index (κ3) is 5.31. The van der Waals surface area contributed by atoms with E-state index in [0.29, 0.717) is 10.6 Å². The van der Waals surface area contributed by atoms with Gasteiger partial charge in [-0.3, -0.25) is 9.59 Å². The first-order valence-electron chi connectivity index (χ1n) is 8.68. The van der Waals surface area contributed by atoms with E-state index in [9.17, 15) is 9.59 Å². The summed E-state index contributed by atoms with van der Waals surface area (Å²) in [7, 11) is 0. The smallest absolute Gasteiger partial charge is 0.268 e. The maximum atomic E-state index is 12.8. The van der Waals surface area contributed by atoms with Gasteiger partial charge in [0.1, 0.15) is 5.70 Å². The molecule has 0 atom stereocenters. The van der Waals surface area contributed by atoms with Crippen LogP contribution in [0.4, 0.5) is 0 Å². The summed E-state index contributed by atoms with van der Waals surface area (Å²) in [6.07, 6.45) is 1.67. The third-order valence-corrected chi connectivity index (χ3v) is 5.19. The van der Waals surface area contributed by atoms with Crippen molar-refractivity contribution < 1.29 is 9.59 Å². The number of rotatable bonds is 6. The number of carbonyl (C=O) groups is 2. The molecule has 0 saturated carbocycles. The van der Waals surface area contributed by atoms with Gasteiger partial charge in [-0.15, -0.1) is 11.3 Å². The van der Waals surface area contributed by atoms with Crippen molar-refractivity contribution >= 4 is 40.8 Å². The van der Waals surface area contributed by atoms with E-state index in [1.807, 2.05) is 54.8 Å². The molecule has 0 radical (unpaired) electrons. The number of hydrogen-bond donors (Lipinski definition) is 2. The lowest BCUT2D eigenvalue weighted by molar-refractivity contribution is -0.117. The Balaban J connectivity index is 1.78. The van der Waals surface area contributed by atoms with Gasteiger partial charge in [-0.05, 0) is 48.2 Å². The Morgan fingerprint density at radius 3 is 2.61 bits per heavy atom. The molecule has 2 N–H and O–H groups in total. The fourth-order valence-corrected chi connectivity index (χ4v) is 3.43. The van der Waals surface area contributed by atoms with Crippen LogP contribution in [-0.4, -0.2) is 11.8 Å². The molecule has 4 nitrogen and oxygen atoms in total. The Kier molecular flexibility index (Phi) is 6.63. The highest BCUT2D eigenvalue weighted by atomic mass is 35.5. The van der Waals surface area contributed by atoms with Crippen molar-refractivity contribution in [2.24, 2.45) is 0 Å². The van der Waals surface area contributed by atoms with E-state index in [-0.39, 0.29) is 24.1 Å². The third-order valence-electron chi connectivity index (χ3n) is 4.00. The van der Waals surface area contributed by atoms with Crippen molar-refractivity contribution in [1.82, 2.24) is 10.6 Å². The summed E-state index contributed by atoms with van der Waals surface area (Å²) in [6.45, 7) is 2.18. The first kappa shape index (κ1) is 19.9. The van der Waals surface area contributed by atoms with E-state index >= 15 is 0 Å². The Hall–Kier alpha value is -2.89. The van der Waals surface area contributed by atoms with Gasteiger partial charge in [0.15, 0.2) is 0 Å². The zero-order chi connectivity index (χ0) is 19.9. The van der Waals surface area contributed by atoms with Gasteiger partial charge in [0, 0.05) is 22.0 Å². The average Bonchev–Trinajstić information content (AvgIpc) is 3.19. The first-order valence-corrected chi connectivity index (χ1v) is 9.93. The van der Waals surface area contributed by atoms with Crippen molar-refractivity contribution in [2.45, 2.75) is 13.5 Å². The van der Waals surface area contributed by atoms with Crippen molar-refractivity contribution in [1.29, 1.82) is 0 Å². The van der Waals surface area contributed by atoms with E-state index < -0.39 is 0 Å². The zero-order valence-corrected chi connectivity index (χ0v) is 16.8. The van der Waals surface area contributed by atoms with Gasteiger partial charge in [-0.25, -0.2) is 0 Å². The van der Waals surface area contributed by atoms with E-state index in [1.54, 1.807) is 24.3 Å². The monoisotopic (exact) mass is 410 g/mol. The maximum absolute atomic E-state index is 12.8. The fourth-order valence-electron chi connectivity index (χ4n) is 2.57. The number of benzene rings is 2. The second-order valence-electron chi connectivity index (χ2n) is 6.17. The lowest BCUT2D eigenvalue weighted by atomic mass is 10.1. The van der Waals surface area contributed by atoms with Gasteiger partial charge in [-0.2, -0.15) is 0 Å². The molecule has 0 aliphatic carbocycles. The number of thiophene rings is 1. The lowest BCUT2D eigenvalue weighted by Gasteiger charge is -2.12. The molecule has 0 saturated heterocycles. The maximum Gasteiger partial charge on any atom is 0.268 e. The molecule has 3 rings (SSSR count). The number of aryl methyl sites for hydroxylation is 1. The van der Waals surface area contributed by atoms with Crippen molar-refractivity contribution in [2.75, 3.05) is 0 Å². The van der Waals surface area contributed by atoms with Crippen LogP contribution >= 0.6 is 22.9 Å². The summed E-state index contributed by atoms with van der Waals surface area (Å²) < 4.78 is 0. The Bertz CT molecular complexity index is 1010. The van der Waals surface area contributed by atoms with Crippen LogP contribution < -0.4 is 10.6 Å². The summed E-state index contributed by atoms with van der Waals surface area (Å²) in [5, 5.41) is 8.04. The lowest BCUT2D eigenvalue weighted by Crippen LogP contribution is -2.34. The van der Waals surface area contributed by atoms with Gasteiger partial charge in [0.2, 0.25) is 0 Å². The number of carbonyl (C=O) groups excluding carboxylic acids is 2. The van der Waals surface area contributed by atoms with E-state index in [1.165, 1.54) is 11.3 Å². The molecule has 0 unspecified atom stereocenters. The largest absolute Gasteiger partial charge is 0.347 e. The molecule has 1 heterocycles. The minimum atomic E-state index is -0.380. The number of nitrogens with one attached hydrogen (secondary N) is 2. The number of hydrogen-bond acceptors (Lipinski definition) is 3. The van der Waals surface area contributed by atoms with Gasteiger partial charge in [-0.1, -0.05) is 53.6 Å². The average molecular weight is 411 g/mol. The standard InChI is InChI=1S/C22H19ClN2O2S/c1-15-6-4-8-16(12-15)21(26)25-20(13-18-9-5-11-28-18)22(27)24-14-17-7-2-3-10-19(17)23/h2-13H,14H2,1H3,(H,24,27)(H,25,26)/b20-13-. The Morgan fingerprint density at radius 2 is 1.89 bits per heavy atom. The molecule has 3 aromatic rings. The molecule has 0 fully saturated rings. The summed E-state index contributed by atoms with van der Waals surface area (Å²) in [5.74, 6) is -0.714. The summed E-state index contributed by atoms with van der Waals surface area (Å²) in [6, 6.07) is 18.3. The molecular formula is C22H19ClN2O2S. The van der Waals surface area contributed by atoms with E-state index in [0.717, 1.165) is 16.0 Å². The van der Waals surface area contributed by atoms with Crippen LogP contribution in [0.1, 0.15) is 26.4 Å². The predicted molar refractivity (Wildman–Crippen MR) is 114 cm³/mol.